The normalized spacial score (nSPS) is 17.4. The number of alkyl halides is 3. The number of ether oxygens (including phenoxy) is 1. The van der Waals surface area contributed by atoms with E-state index < -0.39 is 18.8 Å². The van der Waals surface area contributed by atoms with Crippen LogP contribution >= 0.6 is 0 Å². The van der Waals surface area contributed by atoms with Crippen molar-refractivity contribution in [3.63, 3.8) is 0 Å². The van der Waals surface area contributed by atoms with E-state index in [0.717, 1.165) is 25.9 Å². The van der Waals surface area contributed by atoms with Gasteiger partial charge in [-0.15, -0.1) is 0 Å². The summed E-state index contributed by atoms with van der Waals surface area (Å²) in [6, 6.07) is 0. The molecule has 0 aromatic carbocycles. The lowest BCUT2D eigenvalue weighted by Gasteiger charge is -2.17. The van der Waals surface area contributed by atoms with Crippen molar-refractivity contribution in [2.75, 3.05) is 19.7 Å². The molecule has 0 aromatic heterocycles. The average molecular weight is 235 g/mol. The third kappa shape index (κ3) is 4.53. The molecular weight excluding hydrogens is 223 g/mol. The third-order valence-corrected chi connectivity index (χ3v) is 2.15. The van der Waals surface area contributed by atoms with E-state index in [9.17, 15) is 18.0 Å². The number of carbonyl (C=O) groups is 1. The third-order valence-electron chi connectivity index (χ3n) is 2.15. The highest BCUT2D eigenvalue weighted by Crippen LogP contribution is 2.16. The molecule has 0 spiro atoms. The maximum atomic E-state index is 11.7. The number of hydrogen-bond donors (Lipinski definition) is 1. The van der Waals surface area contributed by atoms with Gasteiger partial charge in [-0.1, -0.05) is 11.8 Å². The van der Waals surface area contributed by atoms with Gasteiger partial charge >= 0.3 is 12.1 Å². The number of halogens is 3. The summed E-state index contributed by atoms with van der Waals surface area (Å²) < 4.78 is 39.0. The first-order valence-corrected chi connectivity index (χ1v) is 4.93. The Morgan fingerprint density at radius 1 is 1.38 bits per heavy atom. The molecule has 6 heteroatoms. The maximum absolute atomic E-state index is 11.7. The van der Waals surface area contributed by atoms with E-state index in [0.29, 0.717) is 0 Å². The van der Waals surface area contributed by atoms with E-state index in [1.54, 1.807) is 0 Å². The molecule has 0 bridgehead atoms. The fraction of sp³-hybridized carbons (Fsp3) is 0.700. The fourth-order valence-electron chi connectivity index (χ4n) is 1.34. The highest BCUT2D eigenvalue weighted by Gasteiger charge is 2.40. The van der Waals surface area contributed by atoms with Crippen LogP contribution in [0.2, 0.25) is 0 Å². The van der Waals surface area contributed by atoms with Crippen LogP contribution in [0.5, 0.6) is 0 Å². The molecule has 0 amide bonds. The van der Waals surface area contributed by atoms with E-state index in [4.69, 9.17) is 0 Å². The molecule has 1 heterocycles. The van der Waals surface area contributed by atoms with Crippen LogP contribution < -0.4 is 5.32 Å². The summed E-state index contributed by atoms with van der Waals surface area (Å²) in [5.74, 6) is 3.23. The predicted octanol–water partition coefficient (Wildman–Crippen LogP) is 1.09. The minimum Gasteiger partial charge on any atom is -0.446 e. The zero-order valence-electron chi connectivity index (χ0n) is 8.56. The van der Waals surface area contributed by atoms with Crippen molar-refractivity contribution >= 4 is 5.97 Å². The van der Waals surface area contributed by atoms with Crippen molar-refractivity contribution in [1.82, 2.24) is 5.32 Å². The van der Waals surface area contributed by atoms with E-state index in [-0.39, 0.29) is 5.92 Å². The van der Waals surface area contributed by atoms with E-state index in [2.05, 4.69) is 21.9 Å². The lowest BCUT2D eigenvalue weighted by atomic mass is 9.99. The van der Waals surface area contributed by atoms with Gasteiger partial charge in [0.2, 0.25) is 0 Å². The molecule has 0 unspecified atom stereocenters. The molecule has 0 aliphatic carbocycles. The van der Waals surface area contributed by atoms with Crippen molar-refractivity contribution < 1.29 is 22.7 Å². The van der Waals surface area contributed by atoms with Crippen molar-refractivity contribution in [2.24, 2.45) is 5.92 Å². The number of esters is 1. The first kappa shape index (κ1) is 12.8. The number of rotatable bonds is 1. The van der Waals surface area contributed by atoms with Crippen molar-refractivity contribution in [2.45, 2.75) is 19.0 Å². The molecule has 16 heavy (non-hydrogen) atoms. The van der Waals surface area contributed by atoms with Gasteiger partial charge in [0.05, 0.1) is 0 Å². The Kier molecular flexibility index (Phi) is 4.62. The largest absolute Gasteiger partial charge is 0.490 e. The molecule has 0 saturated carbocycles. The summed E-state index contributed by atoms with van der Waals surface area (Å²) in [6.45, 7) is 1.23. The van der Waals surface area contributed by atoms with Gasteiger partial charge < -0.3 is 10.1 Å². The Bertz CT molecular complexity index is 297. The highest BCUT2D eigenvalue weighted by atomic mass is 19.4. The van der Waals surface area contributed by atoms with Crippen LogP contribution in [-0.4, -0.2) is 31.8 Å². The molecule has 1 fully saturated rings. The highest BCUT2D eigenvalue weighted by molar-refractivity contribution is 5.75. The fourth-order valence-corrected chi connectivity index (χ4v) is 1.34. The van der Waals surface area contributed by atoms with Crippen LogP contribution in [0.15, 0.2) is 0 Å². The molecule has 1 saturated heterocycles. The van der Waals surface area contributed by atoms with Crippen LogP contribution in [0.4, 0.5) is 13.2 Å². The average Bonchev–Trinajstić information content (AvgIpc) is 2.24. The molecule has 3 nitrogen and oxygen atoms in total. The Labute approximate surface area is 91.3 Å². The molecule has 0 radical (unpaired) electrons. The molecule has 0 aromatic rings. The Morgan fingerprint density at radius 3 is 2.56 bits per heavy atom. The molecule has 1 aliphatic rings. The van der Waals surface area contributed by atoms with Crippen molar-refractivity contribution in [3.8, 4) is 11.8 Å². The summed E-state index contributed by atoms with van der Waals surface area (Å²) in [5, 5.41) is 3.14. The Hall–Kier alpha value is -1.22. The van der Waals surface area contributed by atoms with Gasteiger partial charge in [0.25, 0.3) is 0 Å². The molecule has 1 N–H and O–H groups in total. The van der Waals surface area contributed by atoms with Crippen LogP contribution in [0.1, 0.15) is 12.8 Å². The van der Waals surface area contributed by atoms with Gasteiger partial charge in [-0.05, 0) is 25.9 Å². The smallest absolute Gasteiger partial charge is 0.446 e. The summed E-state index contributed by atoms with van der Waals surface area (Å²) in [7, 11) is 0. The summed E-state index contributed by atoms with van der Waals surface area (Å²) >= 11 is 0. The Balaban J connectivity index is 2.24. The van der Waals surface area contributed by atoms with Crippen LogP contribution in [0.3, 0.4) is 0 Å². The summed E-state index contributed by atoms with van der Waals surface area (Å²) in [6.07, 6.45) is -3.18. The topological polar surface area (TPSA) is 38.3 Å². The molecule has 90 valence electrons. The number of hydrogen-bond acceptors (Lipinski definition) is 3. The molecule has 1 aliphatic heterocycles. The standard InChI is InChI=1S/C10H12F3NO2/c11-10(12,13)9(15)16-7-1-2-8-3-5-14-6-4-8/h8,14H,3-7H2. The first-order chi connectivity index (χ1) is 7.50. The first-order valence-electron chi connectivity index (χ1n) is 4.93. The van der Waals surface area contributed by atoms with E-state index >= 15 is 0 Å². The second kappa shape index (κ2) is 5.75. The van der Waals surface area contributed by atoms with E-state index in [1.807, 2.05) is 0 Å². The zero-order valence-corrected chi connectivity index (χ0v) is 8.56. The number of piperidine rings is 1. The van der Waals surface area contributed by atoms with Crippen LogP contribution in [0, 0.1) is 17.8 Å². The molecular formula is C10H12F3NO2. The number of carbonyl (C=O) groups excluding carboxylic acids is 1. The van der Waals surface area contributed by atoms with Gasteiger partial charge in [0.15, 0.2) is 6.61 Å². The van der Waals surface area contributed by atoms with Gasteiger partial charge in [-0.2, -0.15) is 13.2 Å². The van der Waals surface area contributed by atoms with Crippen LogP contribution in [0.25, 0.3) is 0 Å². The quantitative estimate of drug-likeness (QED) is 0.546. The summed E-state index contributed by atoms with van der Waals surface area (Å²) in [4.78, 5) is 10.3. The lowest BCUT2D eigenvalue weighted by molar-refractivity contribution is -0.198. The maximum Gasteiger partial charge on any atom is 0.490 e. The second-order valence-electron chi connectivity index (χ2n) is 3.42. The molecule has 1 rings (SSSR count). The predicted molar refractivity (Wildman–Crippen MR) is 50.4 cm³/mol. The van der Waals surface area contributed by atoms with Gasteiger partial charge in [0.1, 0.15) is 0 Å². The Morgan fingerprint density at radius 2 is 2.00 bits per heavy atom. The van der Waals surface area contributed by atoms with Gasteiger partial charge in [0, 0.05) is 5.92 Å². The summed E-state index contributed by atoms with van der Waals surface area (Å²) in [5.41, 5.74) is 0. The van der Waals surface area contributed by atoms with Crippen LogP contribution in [-0.2, 0) is 9.53 Å². The zero-order chi connectivity index (χ0) is 12.0. The van der Waals surface area contributed by atoms with Gasteiger partial charge in [-0.3, -0.25) is 0 Å². The minimum absolute atomic E-state index is 0.186. The van der Waals surface area contributed by atoms with Crippen molar-refractivity contribution in [3.05, 3.63) is 0 Å². The second-order valence-corrected chi connectivity index (χ2v) is 3.42. The monoisotopic (exact) mass is 235 g/mol. The minimum atomic E-state index is -4.93. The van der Waals surface area contributed by atoms with E-state index in [1.165, 1.54) is 0 Å². The molecule has 0 atom stereocenters. The van der Waals surface area contributed by atoms with Gasteiger partial charge in [-0.25, -0.2) is 4.79 Å². The number of nitrogens with one attached hydrogen (secondary N) is 1. The lowest BCUT2D eigenvalue weighted by Crippen LogP contribution is -2.27. The SMILES string of the molecule is O=C(OCC#CC1CCNCC1)C(F)(F)F. The van der Waals surface area contributed by atoms with Crippen molar-refractivity contribution in [1.29, 1.82) is 0 Å².